The standard InChI is InChI=1S/C17H11ClFN3O/c1-2-7-22(16-6-3-12(19)8-11(16)10-20)17(23)14-9-13(21)4-5-15(14)18/h1,3-6,8-9H,7,21H2. The average molecular weight is 328 g/mol. The summed E-state index contributed by atoms with van der Waals surface area (Å²) in [6.45, 7) is -0.107. The van der Waals surface area contributed by atoms with Crippen LogP contribution >= 0.6 is 11.6 Å². The van der Waals surface area contributed by atoms with E-state index in [9.17, 15) is 9.18 Å². The maximum Gasteiger partial charge on any atom is 0.260 e. The predicted molar refractivity (Wildman–Crippen MR) is 87.5 cm³/mol. The monoisotopic (exact) mass is 327 g/mol. The van der Waals surface area contributed by atoms with Crippen LogP contribution in [0.15, 0.2) is 36.4 Å². The first-order valence-electron chi connectivity index (χ1n) is 6.48. The molecule has 114 valence electrons. The highest BCUT2D eigenvalue weighted by Gasteiger charge is 2.22. The number of terminal acetylenes is 1. The molecule has 0 radical (unpaired) electrons. The fourth-order valence-electron chi connectivity index (χ4n) is 2.04. The van der Waals surface area contributed by atoms with Crippen molar-refractivity contribution in [2.24, 2.45) is 0 Å². The maximum absolute atomic E-state index is 13.3. The molecule has 23 heavy (non-hydrogen) atoms. The second kappa shape index (κ2) is 6.83. The van der Waals surface area contributed by atoms with Crippen molar-refractivity contribution in [3.63, 3.8) is 0 Å². The van der Waals surface area contributed by atoms with Crippen LogP contribution in [0.5, 0.6) is 0 Å². The molecule has 0 saturated carbocycles. The Morgan fingerprint density at radius 3 is 2.74 bits per heavy atom. The number of nitrogens with two attached hydrogens (primary N) is 1. The summed E-state index contributed by atoms with van der Waals surface area (Å²) < 4.78 is 13.3. The lowest BCUT2D eigenvalue weighted by atomic mass is 10.1. The van der Waals surface area contributed by atoms with Crippen molar-refractivity contribution in [1.82, 2.24) is 0 Å². The lowest BCUT2D eigenvalue weighted by Gasteiger charge is -2.22. The number of carbonyl (C=O) groups is 1. The number of nitriles is 1. The molecule has 0 aliphatic rings. The molecular weight excluding hydrogens is 317 g/mol. The van der Waals surface area contributed by atoms with Gasteiger partial charge in [-0.1, -0.05) is 17.5 Å². The van der Waals surface area contributed by atoms with Gasteiger partial charge in [-0.25, -0.2) is 4.39 Å². The summed E-state index contributed by atoms with van der Waals surface area (Å²) >= 11 is 6.04. The molecule has 2 aromatic carbocycles. The molecule has 6 heteroatoms. The molecule has 0 aliphatic heterocycles. The van der Waals surface area contributed by atoms with Gasteiger partial charge in [0.2, 0.25) is 0 Å². The number of amides is 1. The summed E-state index contributed by atoms with van der Waals surface area (Å²) in [6.07, 6.45) is 5.31. The van der Waals surface area contributed by atoms with Crippen LogP contribution in [0.3, 0.4) is 0 Å². The smallest absolute Gasteiger partial charge is 0.260 e. The van der Waals surface area contributed by atoms with Gasteiger partial charge in [0, 0.05) is 5.69 Å². The van der Waals surface area contributed by atoms with Crippen molar-refractivity contribution in [1.29, 1.82) is 5.26 Å². The van der Waals surface area contributed by atoms with Gasteiger partial charge < -0.3 is 5.73 Å². The van der Waals surface area contributed by atoms with Gasteiger partial charge in [-0.3, -0.25) is 9.69 Å². The minimum atomic E-state index is -0.583. The minimum absolute atomic E-state index is 0.00590. The Kier molecular flexibility index (Phi) is 4.85. The van der Waals surface area contributed by atoms with Gasteiger partial charge in [0.15, 0.2) is 0 Å². The van der Waals surface area contributed by atoms with E-state index >= 15 is 0 Å². The third-order valence-electron chi connectivity index (χ3n) is 3.09. The molecule has 0 spiro atoms. The molecule has 0 aliphatic carbocycles. The topological polar surface area (TPSA) is 70.1 Å². The van der Waals surface area contributed by atoms with Gasteiger partial charge in [-0.15, -0.1) is 6.42 Å². The molecule has 0 bridgehead atoms. The molecule has 0 unspecified atom stereocenters. The summed E-state index contributed by atoms with van der Waals surface area (Å²) in [5, 5.41) is 9.36. The van der Waals surface area contributed by atoms with Gasteiger partial charge in [-0.05, 0) is 36.4 Å². The third-order valence-corrected chi connectivity index (χ3v) is 3.41. The number of rotatable bonds is 3. The Morgan fingerprint density at radius 2 is 2.09 bits per heavy atom. The van der Waals surface area contributed by atoms with Crippen LogP contribution < -0.4 is 10.6 Å². The fraction of sp³-hybridized carbons (Fsp3) is 0.0588. The molecule has 0 aromatic heterocycles. The molecule has 4 nitrogen and oxygen atoms in total. The predicted octanol–water partition coefficient (Wildman–Crippen LogP) is 3.21. The molecular formula is C17H11ClFN3O. The average Bonchev–Trinajstić information content (AvgIpc) is 2.54. The molecule has 0 heterocycles. The Balaban J connectivity index is 2.55. The zero-order valence-electron chi connectivity index (χ0n) is 11.9. The Morgan fingerprint density at radius 1 is 1.35 bits per heavy atom. The Labute approximate surface area is 137 Å². The minimum Gasteiger partial charge on any atom is -0.399 e. The SMILES string of the molecule is C#CCN(C(=O)c1cc(N)ccc1Cl)c1ccc(F)cc1C#N. The highest BCUT2D eigenvalue weighted by Crippen LogP contribution is 2.26. The van der Waals surface area contributed by atoms with Crippen molar-refractivity contribution in [3.8, 4) is 18.4 Å². The number of halogens is 2. The zero-order valence-corrected chi connectivity index (χ0v) is 12.6. The number of hydrogen-bond donors (Lipinski definition) is 1. The van der Waals surface area contributed by atoms with Gasteiger partial charge in [0.1, 0.15) is 11.9 Å². The van der Waals surface area contributed by atoms with E-state index in [-0.39, 0.29) is 28.4 Å². The van der Waals surface area contributed by atoms with E-state index in [1.807, 2.05) is 6.07 Å². The van der Waals surface area contributed by atoms with Crippen LogP contribution in [0.25, 0.3) is 0 Å². The van der Waals surface area contributed by atoms with Crippen LogP contribution in [0, 0.1) is 29.5 Å². The van der Waals surface area contributed by atoms with Crippen molar-refractivity contribution < 1.29 is 9.18 Å². The maximum atomic E-state index is 13.3. The van der Waals surface area contributed by atoms with Crippen LogP contribution in [-0.4, -0.2) is 12.5 Å². The van der Waals surface area contributed by atoms with E-state index in [1.165, 1.54) is 23.1 Å². The van der Waals surface area contributed by atoms with Crippen LogP contribution in [0.1, 0.15) is 15.9 Å². The second-order valence-corrected chi connectivity index (χ2v) is 5.02. The number of nitrogen functional groups attached to an aromatic ring is 1. The number of carbonyl (C=O) groups excluding carboxylic acids is 1. The summed E-state index contributed by atoms with van der Waals surface area (Å²) in [7, 11) is 0. The first kappa shape index (κ1) is 16.4. The van der Waals surface area contributed by atoms with Crippen molar-refractivity contribution in [2.45, 2.75) is 0 Å². The molecule has 0 fully saturated rings. The summed E-state index contributed by atoms with van der Waals surface area (Å²) in [5.41, 5.74) is 6.39. The summed E-state index contributed by atoms with van der Waals surface area (Å²) in [5.74, 6) is 1.24. The van der Waals surface area contributed by atoms with Crippen molar-refractivity contribution in [3.05, 3.63) is 58.4 Å². The van der Waals surface area contributed by atoms with E-state index < -0.39 is 11.7 Å². The molecule has 0 atom stereocenters. The van der Waals surface area contributed by atoms with Crippen LogP contribution in [0.4, 0.5) is 15.8 Å². The zero-order chi connectivity index (χ0) is 17.0. The molecule has 1 amide bonds. The highest BCUT2D eigenvalue weighted by molar-refractivity contribution is 6.34. The van der Waals surface area contributed by atoms with E-state index in [1.54, 1.807) is 6.07 Å². The number of hydrogen-bond acceptors (Lipinski definition) is 3. The molecule has 2 N–H and O–H groups in total. The summed E-state index contributed by atoms with van der Waals surface area (Å²) in [4.78, 5) is 13.9. The van der Waals surface area contributed by atoms with Gasteiger partial charge in [0.05, 0.1) is 28.4 Å². The molecule has 0 saturated heterocycles. The lowest BCUT2D eigenvalue weighted by Crippen LogP contribution is -2.32. The van der Waals surface area contributed by atoms with Crippen molar-refractivity contribution >= 4 is 28.9 Å². The van der Waals surface area contributed by atoms with Crippen molar-refractivity contribution in [2.75, 3.05) is 17.2 Å². The van der Waals surface area contributed by atoms with Gasteiger partial charge >= 0.3 is 0 Å². The van der Waals surface area contributed by atoms with Gasteiger partial charge in [0.25, 0.3) is 5.91 Å². The Bertz CT molecular complexity index is 852. The lowest BCUT2D eigenvalue weighted by molar-refractivity contribution is 0.0990. The number of nitrogens with zero attached hydrogens (tertiary/aromatic N) is 2. The first-order chi connectivity index (χ1) is 11.0. The summed E-state index contributed by atoms with van der Waals surface area (Å²) in [6, 6.07) is 9.83. The van der Waals surface area contributed by atoms with E-state index in [4.69, 9.17) is 29.0 Å². The second-order valence-electron chi connectivity index (χ2n) is 4.61. The largest absolute Gasteiger partial charge is 0.399 e. The van der Waals surface area contributed by atoms with Gasteiger partial charge in [-0.2, -0.15) is 5.26 Å². The van der Waals surface area contributed by atoms with E-state index in [0.717, 1.165) is 12.1 Å². The Hall–Kier alpha value is -3.02. The van der Waals surface area contributed by atoms with E-state index in [2.05, 4.69) is 5.92 Å². The molecule has 2 aromatic rings. The number of benzene rings is 2. The normalized spacial score (nSPS) is 9.74. The first-order valence-corrected chi connectivity index (χ1v) is 6.85. The van der Waals surface area contributed by atoms with Crippen LogP contribution in [0.2, 0.25) is 5.02 Å². The molecule has 2 rings (SSSR count). The van der Waals surface area contributed by atoms with E-state index in [0.29, 0.717) is 5.69 Å². The quantitative estimate of drug-likeness (QED) is 0.695. The fourth-order valence-corrected chi connectivity index (χ4v) is 2.24. The van der Waals surface area contributed by atoms with Crippen LogP contribution in [-0.2, 0) is 0 Å². The third kappa shape index (κ3) is 3.42. The number of anilines is 2. The highest BCUT2D eigenvalue weighted by atomic mass is 35.5.